The second-order valence-corrected chi connectivity index (χ2v) is 19.0. The van der Waals surface area contributed by atoms with Crippen molar-refractivity contribution in [3.05, 3.63) is 59.9 Å². The number of pyridine rings is 1. The summed E-state index contributed by atoms with van der Waals surface area (Å²) in [6.07, 6.45) is 2.09. The Hall–Kier alpha value is -4.09. The quantitative estimate of drug-likeness (QED) is 0.0980. The van der Waals surface area contributed by atoms with Crippen LogP contribution in [0, 0.1) is 12.8 Å². The van der Waals surface area contributed by atoms with Gasteiger partial charge in [0.1, 0.15) is 23.8 Å². The highest BCUT2D eigenvalue weighted by Crippen LogP contribution is 2.35. The van der Waals surface area contributed by atoms with Gasteiger partial charge in [0.05, 0.1) is 39.1 Å². The highest BCUT2D eigenvalue weighted by atomic mass is 28.3. The third kappa shape index (κ3) is 8.64. The van der Waals surface area contributed by atoms with E-state index in [1.165, 1.54) is 5.56 Å². The Kier molecular flexibility index (Phi) is 11.1. The number of imidazole rings is 1. The van der Waals surface area contributed by atoms with E-state index in [0.29, 0.717) is 50.3 Å². The number of fused-ring (bicyclic) bond motifs is 1. The molecule has 4 aromatic rings. The zero-order chi connectivity index (χ0) is 33.6. The van der Waals surface area contributed by atoms with Gasteiger partial charge >= 0.3 is 0 Å². The maximum atomic E-state index is 12.9. The van der Waals surface area contributed by atoms with E-state index in [1.54, 1.807) is 21.3 Å². The molecule has 0 saturated carbocycles. The lowest BCUT2D eigenvalue weighted by molar-refractivity contribution is -0.127. The fourth-order valence-electron chi connectivity index (χ4n) is 5.82. The number of aryl methyl sites for hydroxylation is 1. The second-order valence-electron chi connectivity index (χ2n) is 13.3. The number of methoxy groups -OCH3 is 3. The summed E-state index contributed by atoms with van der Waals surface area (Å²) in [7, 11) is 3.68. The Morgan fingerprint density at radius 1 is 0.915 bits per heavy atom. The van der Waals surface area contributed by atoms with Gasteiger partial charge in [-0.1, -0.05) is 31.8 Å². The molecule has 252 valence electrons. The third-order valence-electron chi connectivity index (χ3n) is 8.67. The van der Waals surface area contributed by atoms with Crippen LogP contribution in [0.5, 0.6) is 23.1 Å². The van der Waals surface area contributed by atoms with Gasteiger partial charge in [0.25, 0.3) is 0 Å². The first-order chi connectivity index (χ1) is 22.6. The number of rotatable bonds is 16. The molecule has 0 radical (unpaired) electrons. The molecule has 0 aliphatic carbocycles. The first-order valence-electron chi connectivity index (χ1n) is 16.3. The lowest BCUT2D eigenvalue weighted by Crippen LogP contribution is -2.27. The van der Waals surface area contributed by atoms with Crippen molar-refractivity contribution in [1.29, 1.82) is 0 Å². The number of benzene rings is 2. The lowest BCUT2D eigenvalue weighted by atomic mass is 10.1. The lowest BCUT2D eigenvalue weighted by Gasteiger charge is -2.18. The van der Waals surface area contributed by atoms with Crippen molar-refractivity contribution in [1.82, 2.24) is 19.4 Å². The number of carbonyl (C=O) groups excluding carboxylic acids is 1. The van der Waals surface area contributed by atoms with Crippen LogP contribution in [0.4, 0.5) is 0 Å². The second kappa shape index (κ2) is 15.2. The van der Waals surface area contributed by atoms with Gasteiger partial charge in [-0.25, -0.2) is 9.97 Å². The molecule has 1 aliphatic heterocycles. The Labute approximate surface area is 279 Å². The fraction of sp³-hybridized carbons (Fsp3) is 0.472. The van der Waals surface area contributed by atoms with Crippen LogP contribution in [0.2, 0.25) is 25.7 Å². The molecule has 2 aromatic heterocycles. The van der Waals surface area contributed by atoms with Gasteiger partial charge in [0.15, 0.2) is 11.5 Å². The summed E-state index contributed by atoms with van der Waals surface area (Å²) in [5, 5.41) is 0. The van der Waals surface area contributed by atoms with Crippen LogP contribution in [0.25, 0.3) is 22.3 Å². The number of aromatic nitrogens is 3. The summed E-state index contributed by atoms with van der Waals surface area (Å²) in [4.78, 5) is 24.7. The topological polar surface area (TPSA) is 97.2 Å². The summed E-state index contributed by atoms with van der Waals surface area (Å²) in [5.41, 5.74) is 4.36. The molecule has 1 amide bonds. The van der Waals surface area contributed by atoms with E-state index in [9.17, 15) is 4.79 Å². The molecule has 0 N–H and O–H groups in total. The summed E-state index contributed by atoms with van der Waals surface area (Å²) >= 11 is 0. The van der Waals surface area contributed by atoms with Crippen molar-refractivity contribution in [3.8, 4) is 34.4 Å². The minimum Gasteiger partial charge on any atom is -0.497 e. The van der Waals surface area contributed by atoms with Gasteiger partial charge in [-0.15, -0.1) is 0 Å². The predicted molar refractivity (Wildman–Crippen MR) is 186 cm³/mol. The van der Waals surface area contributed by atoms with Crippen molar-refractivity contribution in [3.63, 3.8) is 0 Å². The van der Waals surface area contributed by atoms with E-state index < -0.39 is 8.07 Å². The molecular weight excluding hydrogens is 613 g/mol. The van der Waals surface area contributed by atoms with Gasteiger partial charge < -0.3 is 28.6 Å². The molecule has 47 heavy (non-hydrogen) atoms. The van der Waals surface area contributed by atoms with Gasteiger partial charge in [0, 0.05) is 39.8 Å². The molecule has 0 unspecified atom stereocenters. The first kappa shape index (κ1) is 34.2. The van der Waals surface area contributed by atoms with E-state index in [4.69, 9.17) is 33.7 Å². The zero-order valence-corrected chi connectivity index (χ0v) is 29.8. The number of carbonyl (C=O) groups is 1. The van der Waals surface area contributed by atoms with Crippen molar-refractivity contribution in [2.24, 2.45) is 5.92 Å². The number of hydrogen-bond acceptors (Lipinski definition) is 8. The Balaban J connectivity index is 1.31. The van der Waals surface area contributed by atoms with Gasteiger partial charge in [-0.2, -0.15) is 0 Å². The number of ether oxygens (including phenoxy) is 5. The predicted octanol–water partition coefficient (Wildman–Crippen LogP) is 6.60. The average molecular weight is 661 g/mol. The van der Waals surface area contributed by atoms with Gasteiger partial charge in [0.2, 0.25) is 11.8 Å². The van der Waals surface area contributed by atoms with Crippen LogP contribution >= 0.6 is 0 Å². The smallest absolute Gasteiger partial charge is 0.240 e. The van der Waals surface area contributed by atoms with Gasteiger partial charge in [-0.05, 0) is 73.7 Å². The van der Waals surface area contributed by atoms with Crippen LogP contribution in [0.15, 0.2) is 48.5 Å². The number of likely N-dealkylation sites (tertiary alicyclic amines) is 1. The third-order valence-corrected chi connectivity index (χ3v) is 10.4. The fourth-order valence-corrected chi connectivity index (χ4v) is 6.57. The first-order valence-corrected chi connectivity index (χ1v) is 20.0. The molecule has 1 aliphatic rings. The van der Waals surface area contributed by atoms with Crippen LogP contribution < -0.4 is 18.9 Å². The van der Waals surface area contributed by atoms with Crippen molar-refractivity contribution >= 4 is 25.0 Å². The number of nitrogens with zero attached hydrogens (tertiary/aromatic N) is 4. The molecular formula is C36H48N4O6Si. The summed E-state index contributed by atoms with van der Waals surface area (Å²) in [6, 6.07) is 16.8. The van der Waals surface area contributed by atoms with Crippen LogP contribution in [-0.4, -0.2) is 81.0 Å². The largest absolute Gasteiger partial charge is 0.497 e. The van der Waals surface area contributed by atoms with E-state index in [-0.39, 0.29) is 11.8 Å². The van der Waals surface area contributed by atoms with Crippen molar-refractivity contribution in [2.45, 2.75) is 58.6 Å². The summed E-state index contributed by atoms with van der Waals surface area (Å²) in [5.74, 6) is 3.85. The summed E-state index contributed by atoms with van der Waals surface area (Å²) in [6.45, 7) is 12.0. The Bertz CT molecular complexity index is 1670. The van der Waals surface area contributed by atoms with E-state index >= 15 is 0 Å². The van der Waals surface area contributed by atoms with Crippen molar-refractivity contribution in [2.75, 3.05) is 47.6 Å². The number of amides is 1. The monoisotopic (exact) mass is 660 g/mol. The molecule has 2 aromatic carbocycles. The number of hydrogen-bond donors (Lipinski definition) is 0. The Morgan fingerprint density at radius 3 is 2.38 bits per heavy atom. The highest BCUT2D eigenvalue weighted by molar-refractivity contribution is 6.76. The van der Waals surface area contributed by atoms with E-state index in [1.807, 2.05) is 52.8 Å². The molecule has 0 spiro atoms. The SMILES string of the molecule is COc1ccc(CCN2C[C@H](CCOc3nc(-c4ccc(OC)c(OC)c4)cc4nc(C)n(COCC[Si](C)(C)C)c34)CC2=O)cc1. The molecule has 10 nitrogen and oxygen atoms in total. The normalized spacial score (nSPS) is 15.0. The van der Waals surface area contributed by atoms with E-state index in [2.05, 4.69) is 31.8 Å². The molecule has 11 heteroatoms. The van der Waals surface area contributed by atoms with Crippen LogP contribution in [0.1, 0.15) is 24.2 Å². The maximum absolute atomic E-state index is 12.9. The van der Waals surface area contributed by atoms with Gasteiger partial charge in [-0.3, -0.25) is 9.36 Å². The molecule has 1 saturated heterocycles. The van der Waals surface area contributed by atoms with Crippen molar-refractivity contribution < 1.29 is 28.5 Å². The van der Waals surface area contributed by atoms with Crippen LogP contribution in [-0.2, 0) is 22.7 Å². The molecule has 1 fully saturated rings. The standard InChI is InChI=1S/C36H48N4O6Si/c1-25-37-31-22-30(28-10-13-32(43-3)33(21-28)44-4)38-36(35(31)40(25)24-45-18-19-47(5,6)7)46-17-15-27-20-34(41)39(23-27)16-14-26-8-11-29(42-2)12-9-26/h8-13,21-22,27H,14-20,23-24H2,1-7H3/t27-/m1/s1. The zero-order valence-electron chi connectivity index (χ0n) is 28.8. The molecule has 3 heterocycles. The van der Waals surface area contributed by atoms with E-state index in [0.717, 1.165) is 59.3 Å². The summed E-state index contributed by atoms with van der Waals surface area (Å²) < 4.78 is 30.9. The van der Waals surface area contributed by atoms with Crippen LogP contribution in [0.3, 0.4) is 0 Å². The average Bonchev–Trinajstić information content (AvgIpc) is 3.58. The minimum absolute atomic E-state index is 0.198. The minimum atomic E-state index is -1.22. The Morgan fingerprint density at radius 2 is 1.68 bits per heavy atom. The molecule has 5 rings (SSSR count). The highest BCUT2D eigenvalue weighted by Gasteiger charge is 2.29. The maximum Gasteiger partial charge on any atom is 0.240 e. The molecule has 1 atom stereocenters. The molecule has 0 bridgehead atoms.